The summed E-state index contributed by atoms with van der Waals surface area (Å²) in [6, 6.07) is 8.26. The van der Waals surface area contributed by atoms with Crippen LogP contribution in [0.2, 0.25) is 0 Å². The molecule has 4 rings (SSSR count). The molecule has 1 heterocycles. The molecule has 1 unspecified atom stereocenters. The van der Waals surface area contributed by atoms with Crippen molar-refractivity contribution in [3.05, 3.63) is 51.2 Å². The first-order chi connectivity index (χ1) is 13.1. The molecule has 27 heavy (non-hydrogen) atoms. The van der Waals surface area contributed by atoms with Crippen molar-refractivity contribution in [2.45, 2.75) is 57.3 Å². The van der Waals surface area contributed by atoms with Gasteiger partial charge >= 0.3 is 5.97 Å². The minimum atomic E-state index is -0.930. The molecule has 4 nitrogen and oxygen atoms in total. The molecule has 2 aromatic rings. The summed E-state index contributed by atoms with van der Waals surface area (Å²) < 4.78 is 0. The summed E-state index contributed by atoms with van der Waals surface area (Å²) >= 11 is 1.49. The number of aryl methyl sites for hydroxylation is 1. The van der Waals surface area contributed by atoms with Gasteiger partial charge in [0.25, 0.3) is 0 Å². The van der Waals surface area contributed by atoms with E-state index in [4.69, 9.17) is 0 Å². The van der Waals surface area contributed by atoms with E-state index >= 15 is 0 Å². The van der Waals surface area contributed by atoms with Gasteiger partial charge in [-0.05, 0) is 49.1 Å². The van der Waals surface area contributed by atoms with Crippen molar-refractivity contribution in [3.8, 4) is 0 Å². The third-order valence-corrected chi connectivity index (χ3v) is 7.13. The Morgan fingerprint density at radius 1 is 1.04 bits per heavy atom. The lowest BCUT2D eigenvalue weighted by molar-refractivity contribution is -0.120. The van der Waals surface area contributed by atoms with Gasteiger partial charge in [-0.1, -0.05) is 43.5 Å². The first kappa shape index (κ1) is 18.2. The molecular weight excluding hydrogens is 358 g/mol. The molecule has 1 aromatic heterocycles. The second-order valence-electron chi connectivity index (χ2n) is 7.73. The van der Waals surface area contributed by atoms with Gasteiger partial charge in [-0.15, -0.1) is 11.3 Å². The Hall–Kier alpha value is -2.14. The number of amides is 1. The molecule has 2 aliphatic rings. The second-order valence-corrected chi connectivity index (χ2v) is 8.64. The number of fused-ring (bicyclic) bond motifs is 1. The van der Waals surface area contributed by atoms with Gasteiger partial charge in [-0.3, -0.25) is 4.79 Å². The van der Waals surface area contributed by atoms with Gasteiger partial charge in [0.1, 0.15) is 0 Å². The summed E-state index contributed by atoms with van der Waals surface area (Å²) in [4.78, 5) is 25.7. The third kappa shape index (κ3) is 3.79. The fourth-order valence-electron chi connectivity index (χ4n) is 4.51. The number of thiophene rings is 1. The number of carboxylic acids is 1. The average Bonchev–Trinajstić information content (AvgIpc) is 3.12. The number of aromatic carboxylic acids is 1. The Labute approximate surface area is 163 Å². The summed E-state index contributed by atoms with van der Waals surface area (Å²) in [5.41, 5.74) is 3.35. The van der Waals surface area contributed by atoms with Crippen LogP contribution in [-0.4, -0.2) is 17.0 Å². The van der Waals surface area contributed by atoms with Crippen molar-refractivity contribution in [2.75, 3.05) is 5.32 Å². The fraction of sp³-hybridized carbons (Fsp3) is 0.455. The smallest absolute Gasteiger partial charge is 0.338 e. The number of hydrogen-bond donors (Lipinski definition) is 2. The topological polar surface area (TPSA) is 66.4 Å². The normalized spacial score (nSPS) is 20.1. The molecule has 1 saturated carbocycles. The molecule has 2 aliphatic carbocycles. The standard InChI is InChI=1S/C22H25NO3S/c24-21(17-11-10-14-6-4-5-9-16(14)12-17)23-18-13-27-20(19(18)22(25)26)15-7-2-1-3-8-15/h4-6,9,13,15,17H,1-3,7-8,10-12H2,(H,23,24)(H,25,26). The SMILES string of the molecule is O=C(O)c1c(NC(=O)C2CCc3ccccc3C2)csc1C1CCCCC1. The van der Waals surface area contributed by atoms with Crippen LogP contribution in [0.25, 0.3) is 0 Å². The number of nitrogens with one attached hydrogen (secondary N) is 1. The Balaban J connectivity index is 1.51. The molecule has 0 saturated heterocycles. The molecule has 0 aliphatic heterocycles. The van der Waals surface area contributed by atoms with Gasteiger partial charge in [-0.25, -0.2) is 4.79 Å². The Morgan fingerprint density at radius 3 is 2.52 bits per heavy atom. The summed E-state index contributed by atoms with van der Waals surface area (Å²) in [5, 5.41) is 14.5. The molecular formula is C22H25NO3S. The third-order valence-electron chi connectivity index (χ3n) is 5.98. The number of benzene rings is 1. The van der Waals surface area contributed by atoms with Crippen LogP contribution in [0.5, 0.6) is 0 Å². The van der Waals surface area contributed by atoms with Crippen molar-refractivity contribution < 1.29 is 14.7 Å². The summed E-state index contributed by atoms with van der Waals surface area (Å²) in [5.74, 6) is -0.761. The van der Waals surface area contributed by atoms with Crippen LogP contribution in [0.3, 0.4) is 0 Å². The first-order valence-electron chi connectivity index (χ1n) is 9.86. The second kappa shape index (κ2) is 7.85. The number of rotatable bonds is 4. The predicted octanol–water partition coefficient (Wildman–Crippen LogP) is 5.24. The zero-order chi connectivity index (χ0) is 18.8. The van der Waals surface area contributed by atoms with Gasteiger partial charge < -0.3 is 10.4 Å². The predicted molar refractivity (Wildman–Crippen MR) is 108 cm³/mol. The maximum absolute atomic E-state index is 12.8. The van der Waals surface area contributed by atoms with E-state index in [2.05, 4.69) is 17.4 Å². The minimum absolute atomic E-state index is 0.0556. The lowest BCUT2D eigenvalue weighted by atomic mass is 9.83. The van der Waals surface area contributed by atoms with Gasteiger partial charge in [0, 0.05) is 16.2 Å². The molecule has 5 heteroatoms. The highest BCUT2D eigenvalue weighted by atomic mass is 32.1. The minimum Gasteiger partial charge on any atom is -0.478 e. The van der Waals surface area contributed by atoms with E-state index in [9.17, 15) is 14.7 Å². The largest absolute Gasteiger partial charge is 0.478 e. The van der Waals surface area contributed by atoms with E-state index < -0.39 is 5.97 Å². The summed E-state index contributed by atoms with van der Waals surface area (Å²) in [6.07, 6.45) is 8.08. The first-order valence-corrected chi connectivity index (χ1v) is 10.7. The van der Waals surface area contributed by atoms with Crippen LogP contribution in [0.15, 0.2) is 29.6 Å². The molecule has 0 bridgehead atoms. The van der Waals surface area contributed by atoms with Gasteiger partial charge in [-0.2, -0.15) is 0 Å². The molecule has 0 spiro atoms. The van der Waals surface area contributed by atoms with Crippen LogP contribution in [0.4, 0.5) is 5.69 Å². The lowest BCUT2D eigenvalue weighted by Gasteiger charge is -2.24. The number of carboxylic acid groups (broad SMARTS) is 1. The zero-order valence-electron chi connectivity index (χ0n) is 15.4. The van der Waals surface area contributed by atoms with Crippen molar-refractivity contribution in [1.29, 1.82) is 0 Å². The highest BCUT2D eigenvalue weighted by molar-refractivity contribution is 7.11. The highest BCUT2D eigenvalue weighted by Crippen LogP contribution is 2.41. The van der Waals surface area contributed by atoms with Crippen molar-refractivity contribution in [2.24, 2.45) is 5.92 Å². The quantitative estimate of drug-likeness (QED) is 0.759. The van der Waals surface area contributed by atoms with E-state index in [0.717, 1.165) is 49.8 Å². The summed E-state index contributed by atoms with van der Waals surface area (Å²) in [7, 11) is 0. The number of carbonyl (C=O) groups excluding carboxylic acids is 1. The van der Waals surface area contributed by atoms with E-state index in [0.29, 0.717) is 17.2 Å². The molecule has 2 N–H and O–H groups in total. The van der Waals surface area contributed by atoms with Gasteiger partial charge in [0.2, 0.25) is 5.91 Å². The lowest BCUT2D eigenvalue weighted by Crippen LogP contribution is -2.28. The molecule has 1 aromatic carbocycles. The van der Waals surface area contributed by atoms with E-state index in [1.807, 2.05) is 17.5 Å². The van der Waals surface area contributed by atoms with E-state index in [1.54, 1.807) is 0 Å². The fourth-order valence-corrected chi connectivity index (χ4v) is 5.67. The zero-order valence-corrected chi connectivity index (χ0v) is 16.2. The van der Waals surface area contributed by atoms with Gasteiger partial charge in [0.15, 0.2) is 0 Å². The number of carbonyl (C=O) groups is 2. The monoisotopic (exact) mass is 383 g/mol. The van der Waals surface area contributed by atoms with Crippen molar-refractivity contribution >= 4 is 28.9 Å². The van der Waals surface area contributed by atoms with Crippen LogP contribution in [0, 0.1) is 5.92 Å². The number of anilines is 1. The molecule has 1 fully saturated rings. The maximum Gasteiger partial charge on any atom is 0.338 e. The summed E-state index contributed by atoms with van der Waals surface area (Å²) in [6.45, 7) is 0. The molecule has 0 radical (unpaired) electrons. The van der Waals surface area contributed by atoms with Crippen molar-refractivity contribution in [3.63, 3.8) is 0 Å². The average molecular weight is 384 g/mol. The molecule has 142 valence electrons. The molecule has 1 atom stereocenters. The van der Waals surface area contributed by atoms with E-state index in [-0.39, 0.29) is 11.8 Å². The highest BCUT2D eigenvalue weighted by Gasteiger charge is 2.29. The van der Waals surface area contributed by atoms with Crippen LogP contribution >= 0.6 is 11.3 Å². The Bertz CT molecular complexity index is 851. The van der Waals surface area contributed by atoms with Crippen molar-refractivity contribution in [1.82, 2.24) is 0 Å². The van der Waals surface area contributed by atoms with E-state index in [1.165, 1.54) is 28.9 Å². The Morgan fingerprint density at radius 2 is 1.78 bits per heavy atom. The maximum atomic E-state index is 12.8. The van der Waals surface area contributed by atoms with Gasteiger partial charge in [0.05, 0.1) is 11.3 Å². The number of hydrogen-bond acceptors (Lipinski definition) is 3. The molecule has 1 amide bonds. The Kier molecular flexibility index (Phi) is 5.30. The van der Waals surface area contributed by atoms with Crippen LogP contribution in [0.1, 0.15) is 70.8 Å². The van der Waals surface area contributed by atoms with Crippen LogP contribution in [-0.2, 0) is 17.6 Å². The van der Waals surface area contributed by atoms with Crippen LogP contribution < -0.4 is 5.32 Å².